The summed E-state index contributed by atoms with van der Waals surface area (Å²) in [5, 5.41) is 0. The maximum absolute atomic E-state index is 12.7. The Morgan fingerprint density at radius 1 is 1.18 bits per heavy atom. The SMILES string of the molecule is CC1Cc2ccccc2N1C(=O)COC(=O)Cn1cc(C(F)(F)F)ccc1=O. The lowest BCUT2D eigenvalue weighted by atomic mass is 10.1. The summed E-state index contributed by atoms with van der Waals surface area (Å²) in [5.74, 6) is -1.42. The van der Waals surface area contributed by atoms with Crippen molar-refractivity contribution in [1.82, 2.24) is 4.57 Å². The van der Waals surface area contributed by atoms with Crippen LogP contribution >= 0.6 is 0 Å². The number of halogens is 3. The molecule has 9 heteroatoms. The van der Waals surface area contributed by atoms with E-state index in [1.165, 1.54) is 4.90 Å². The second kappa shape index (κ2) is 7.49. The fraction of sp³-hybridized carbons (Fsp3) is 0.316. The van der Waals surface area contributed by atoms with Gasteiger partial charge in [-0.2, -0.15) is 13.2 Å². The highest BCUT2D eigenvalue weighted by molar-refractivity contribution is 5.97. The Morgan fingerprint density at radius 3 is 2.61 bits per heavy atom. The number of aromatic nitrogens is 1. The molecule has 1 aliphatic heterocycles. The minimum Gasteiger partial charge on any atom is -0.454 e. The summed E-state index contributed by atoms with van der Waals surface area (Å²) >= 11 is 0. The van der Waals surface area contributed by atoms with Gasteiger partial charge < -0.3 is 14.2 Å². The van der Waals surface area contributed by atoms with Gasteiger partial charge in [0, 0.05) is 24.0 Å². The van der Waals surface area contributed by atoms with Crippen LogP contribution in [-0.4, -0.2) is 29.1 Å². The zero-order chi connectivity index (χ0) is 20.5. The lowest BCUT2D eigenvalue weighted by molar-refractivity contribution is -0.148. The van der Waals surface area contributed by atoms with E-state index < -0.39 is 42.3 Å². The third-order valence-corrected chi connectivity index (χ3v) is 4.44. The maximum atomic E-state index is 12.7. The van der Waals surface area contributed by atoms with Gasteiger partial charge in [-0.1, -0.05) is 18.2 Å². The zero-order valence-corrected chi connectivity index (χ0v) is 14.9. The number of nitrogens with zero attached hydrogens (tertiary/aromatic N) is 2. The molecule has 1 amide bonds. The lowest BCUT2D eigenvalue weighted by Crippen LogP contribution is -2.39. The number of para-hydroxylation sites is 1. The fourth-order valence-corrected chi connectivity index (χ4v) is 3.16. The number of alkyl halides is 3. The Morgan fingerprint density at radius 2 is 1.89 bits per heavy atom. The molecule has 0 N–H and O–H groups in total. The van der Waals surface area contributed by atoms with E-state index in [-0.39, 0.29) is 6.04 Å². The van der Waals surface area contributed by atoms with Gasteiger partial charge >= 0.3 is 12.1 Å². The largest absolute Gasteiger partial charge is 0.454 e. The lowest BCUT2D eigenvalue weighted by Gasteiger charge is -2.22. The van der Waals surface area contributed by atoms with Crippen molar-refractivity contribution >= 4 is 17.6 Å². The molecule has 28 heavy (non-hydrogen) atoms. The second-order valence-electron chi connectivity index (χ2n) is 6.49. The Bertz CT molecular complexity index is 968. The number of rotatable bonds is 4. The van der Waals surface area contributed by atoms with Crippen LogP contribution in [0.2, 0.25) is 0 Å². The molecule has 0 spiro atoms. The van der Waals surface area contributed by atoms with Gasteiger partial charge in [-0.25, -0.2) is 0 Å². The summed E-state index contributed by atoms with van der Waals surface area (Å²) in [7, 11) is 0. The second-order valence-corrected chi connectivity index (χ2v) is 6.49. The van der Waals surface area contributed by atoms with E-state index in [4.69, 9.17) is 4.74 Å². The molecule has 1 aromatic heterocycles. The van der Waals surface area contributed by atoms with Gasteiger partial charge in [-0.15, -0.1) is 0 Å². The van der Waals surface area contributed by atoms with Gasteiger partial charge in [0.25, 0.3) is 11.5 Å². The Hall–Kier alpha value is -3.10. The van der Waals surface area contributed by atoms with Crippen LogP contribution in [0.15, 0.2) is 47.4 Å². The predicted octanol–water partition coefficient (Wildman–Crippen LogP) is 2.39. The van der Waals surface area contributed by atoms with Crippen LogP contribution in [0.3, 0.4) is 0 Å². The molecule has 0 bridgehead atoms. The van der Waals surface area contributed by atoms with Gasteiger partial charge in [0.15, 0.2) is 6.61 Å². The van der Waals surface area contributed by atoms with Crippen LogP contribution < -0.4 is 10.5 Å². The molecule has 0 fully saturated rings. The van der Waals surface area contributed by atoms with Crippen LogP contribution in [-0.2, 0) is 33.5 Å². The molecular formula is C19H17F3N2O4. The summed E-state index contributed by atoms with van der Waals surface area (Å²) in [6.07, 6.45) is -3.42. The van der Waals surface area contributed by atoms with Crippen molar-refractivity contribution in [3.63, 3.8) is 0 Å². The van der Waals surface area contributed by atoms with Crippen molar-refractivity contribution in [2.24, 2.45) is 0 Å². The number of esters is 1. The monoisotopic (exact) mass is 394 g/mol. The van der Waals surface area contributed by atoms with Crippen molar-refractivity contribution in [2.75, 3.05) is 11.5 Å². The molecule has 2 heterocycles. The van der Waals surface area contributed by atoms with Crippen LogP contribution in [0, 0.1) is 0 Å². The third kappa shape index (κ3) is 4.08. The first-order valence-corrected chi connectivity index (χ1v) is 8.50. The van der Waals surface area contributed by atoms with E-state index in [1.807, 2.05) is 19.1 Å². The van der Waals surface area contributed by atoms with Gasteiger partial charge in [-0.05, 0) is 31.0 Å². The van der Waals surface area contributed by atoms with E-state index in [0.717, 1.165) is 17.3 Å². The Kier molecular flexibility index (Phi) is 5.26. The first kappa shape index (κ1) is 19.7. The van der Waals surface area contributed by atoms with Crippen LogP contribution in [0.5, 0.6) is 0 Å². The number of amides is 1. The minimum absolute atomic E-state index is 0.102. The molecule has 1 aliphatic rings. The summed E-state index contributed by atoms with van der Waals surface area (Å²) in [6.45, 7) is 0.579. The van der Waals surface area contributed by atoms with Crippen LogP contribution in [0.4, 0.5) is 18.9 Å². The first-order valence-electron chi connectivity index (χ1n) is 8.50. The number of benzene rings is 1. The predicted molar refractivity (Wildman–Crippen MR) is 93.8 cm³/mol. The molecule has 1 aromatic carbocycles. The molecule has 0 aliphatic carbocycles. The molecule has 0 radical (unpaired) electrons. The zero-order valence-electron chi connectivity index (χ0n) is 14.9. The Balaban J connectivity index is 1.64. The molecule has 148 valence electrons. The van der Waals surface area contributed by atoms with E-state index in [2.05, 4.69) is 0 Å². The fourth-order valence-electron chi connectivity index (χ4n) is 3.16. The number of anilines is 1. The number of fused-ring (bicyclic) bond motifs is 1. The topological polar surface area (TPSA) is 68.6 Å². The van der Waals surface area contributed by atoms with Crippen LogP contribution in [0.1, 0.15) is 18.1 Å². The van der Waals surface area contributed by atoms with Crippen molar-refractivity contribution in [1.29, 1.82) is 0 Å². The summed E-state index contributed by atoms with van der Waals surface area (Å²) in [4.78, 5) is 37.6. The van der Waals surface area contributed by atoms with Gasteiger partial charge in [0.2, 0.25) is 0 Å². The molecular weight excluding hydrogens is 377 g/mol. The Labute approximate surface area is 158 Å². The van der Waals surface area contributed by atoms with Gasteiger partial charge in [0.05, 0.1) is 5.56 Å². The van der Waals surface area contributed by atoms with E-state index in [0.29, 0.717) is 23.3 Å². The summed E-state index contributed by atoms with van der Waals surface area (Å²) in [5.41, 5.74) is -0.0906. The molecule has 2 aromatic rings. The maximum Gasteiger partial charge on any atom is 0.417 e. The van der Waals surface area contributed by atoms with Crippen LogP contribution in [0.25, 0.3) is 0 Å². The van der Waals surface area contributed by atoms with Crippen molar-refractivity contribution in [2.45, 2.75) is 32.1 Å². The summed E-state index contributed by atoms with van der Waals surface area (Å²) in [6, 6.07) is 8.63. The molecule has 3 rings (SSSR count). The molecule has 6 nitrogen and oxygen atoms in total. The van der Waals surface area contributed by atoms with Gasteiger partial charge in [-0.3, -0.25) is 14.4 Å². The van der Waals surface area contributed by atoms with Crippen molar-refractivity contribution in [3.8, 4) is 0 Å². The highest BCUT2D eigenvalue weighted by atomic mass is 19.4. The van der Waals surface area contributed by atoms with Crippen molar-refractivity contribution in [3.05, 3.63) is 64.1 Å². The smallest absolute Gasteiger partial charge is 0.417 e. The molecule has 1 unspecified atom stereocenters. The highest BCUT2D eigenvalue weighted by Crippen LogP contribution is 2.31. The molecule has 1 atom stereocenters. The number of hydrogen-bond donors (Lipinski definition) is 0. The third-order valence-electron chi connectivity index (χ3n) is 4.44. The van der Waals surface area contributed by atoms with Crippen molar-refractivity contribution < 1.29 is 27.5 Å². The quantitative estimate of drug-likeness (QED) is 0.747. The number of carbonyl (C=O) groups is 2. The highest BCUT2D eigenvalue weighted by Gasteiger charge is 2.32. The minimum atomic E-state index is -4.64. The first-order chi connectivity index (χ1) is 13.2. The van der Waals surface area contributed by atoms with E-state index in [1.54, 1.807) is 12.1 Å². The standard InChI is InChI=1S/C19H17F3N2O4/c1-12-8-13-4-2-3-5-15(13)24(12)17(26)11-28-18(27)10-23-9-14(19(20,21)22)6-7-16(23)25/h2-7,9,12H,8,10-11H2,1H3. The van der Waals surface area contributed by atoms with Gasteiger partial charge in [0.1, 0.15) is 6.54 Å². The average Bonchev–Trinajstić information content (AvgIpc) is 2.96. The van der Waals surface area contributed by atoms with E-state index >= 15 is 0 Å². The average molecular weight is 394 g/mol. The van der Waals surface area contributed by atoms with E-state index in [9.17, 15) is 27.6 Å². The normalized spacial score (nSPS) is 16.0. The molecule has 0 saturated carbocycles. The summed E-state index contributed by atoms with van der Waals surface area (Å²) < 4.78 is 43.7. The number of carbonyl (C=O) groups excluding carboxylic acids is 2. The number of hydrogen-bond acceptors (Lipinski definition) is 4. The number of ether oxygens (including phenoxy) is 1. The number of pyridine rings is 1. The molecule has 0 saturated heterocycles.